The Morgan fingerprint density at radius 3 is 2.35 bits per heavy atom. The molecule has 112 valence electrons. The normalized spacial score (nSPS) is 29.0. The van der Waals surface area contributed by atoms with Crippen LogP contribution in [0.1, 0.15) is 57.2 Å². The van der Waals surface area contributed by atoms with Crippen LogP contribution in [0.5, 0.6) is 0 Å². The van der Waals surface area contributed by atoms with E-state index in [1.165, 1.54) is 11.1 Å². The molecular weight excluding hydrogens is 266 g/mol. The molecule has 20 heavy (non-hydrogen) atoms. The molecule has 2 rings (SSSR count). The molecule has 0 aliphatic heterocycles. The Morgan fingerprint density at radius 2 is 1.80 bits per heavy atom. The first-order valence-electron chi connectivity index (χ1n) is 7.62. The maximum atomic E-state index is 12.9. The van der Waals surface area contributed by atoms with E-state index in [1.807, 2.05) is 7.05 Å². The first-order valence-corrected chi connectivity index (χ1v) is 8.90. The summed E-state index contributed by atoms with van der Waals surface area (Å²) in [4.78, 5) is 0. The fraction of sp³-hybridized carbons (Fsp3) is 0.647. The average Bonchev–Trinajstić information content (AvgIpc) is 2.45. The van der Waals surface area contributed by atoms with Crippen molar-refractivity contribution >= 4 is 10.8 Å². The monoisotopic (exact) mass is 293 g/mol. The largest absolute Gasteiger partial charge is 0.312 e. The van der Waals surface area contributed by atoms with Gasteiger partial charge >= 0.3 is 0 Å². The van der Waals surface area contributed by atoms with Crippen molar-refractivity contribution in [3.8, 4) is 0 Å². The Kier molecular flexibility index (Phi) is 5.03. The van der Waals surface area contributed by atoms with Gasteiger partial charge in [0, 0.05) is 22.1 Å². The van der Waals surface area contributed by atoms with Crippen LogP contribution in [0.3, 0.4) is 0 Å². The Hall–Kier alpha value is -0.670. The molecule has 0 saturated heterocycles. The zero-order valence-corrected chi connectivity index (χ0v) is 14.0. The summed E-state index contributed by atoms with van der Waals surface area (Å²) >= 11 is 0. The van der Waals surface area contributed by atoms with E-state index in [-0.39, 0.29) is 16.5 Å². The number of benzene rings is 1. The SMILES string of the molecule is CNC1c2ccccc2C(C)CC1S(=O)C(C)C(C)C. The molecule has 0 fully saturated rings. The summed E-state index contributed by atoms with van der Waals surface area (Å²) in [6.45, 7) is 8.71. The lowest BCUT2D eigenvalue weighted by Gasteiger charge is -2.38. The molecule has 1 aromatic rings. The van der Waals surface area contributed by atoms with Gasteiger partial charge < -0.3 is 5.32 Å². The van der Waals surface area contributed by atoms with Gasteiger partial charge in [-0.3, -0.25) is 4.21 Å². The molecule has 0 heterocycles. The summed E-state index contributed by atoms with van der Waals surface area (Å²) in [6, 6.07) is 8.82. The van der Waals surface area contributed by atoms with E-state index >= 15 is 0 Å². The maximum Gasteiger partial charge on any atom is 0.0551 e. The van der Waals surface area contributed by atoms with E-state index in [0.29, 0.717) is 11.8 Å². The molecule has 2 nitrogen and oxygen atoms in total. The third-order valence-corrected chi connectivity index (χ3v) is 7.07. The minimum atomic E-state index is -0.802. The zero-order valence-electron chi connectivity index (χ0n) is 13.2. The van der Waals surface area contributed by atoms with Crippen LogP contribution in [-0.2, 0) is 10.8 Å². The van der Waals surface area contributed by atoms with E-state index in [2.05, 4.69) is 57.3 Å². The van der Waals surface area contributed by atoms with Crippen molar-refractivity contribution in [2.75, 3.05) is 7.05 Å². The summed E-state index contributed by atoms with van der Waals surface area (Å²) in [7, 11) is 1.19. The van der Waals surface area contributed by atoms with Gasteiger partial charge in [0.1, 0.15) is 0 Å². The number of hydrogen-bond donors (Lipinski definition) is 1. The molecule has 0 aromatic heterocycles. The van der Waals surface area contributed by atoms with Crippen molar-refractivity contribution in [2.45, 2.75) is 56.6 Å². The lowest BCUT2D eigenvalue weighted by molar-refractivity contribution is 0.457. The molecule has 0 amide bonds. The van der Waals surface area contributed by atoms with Crippen LogP contribution in [0.2, 0.25) is 0 Å². The van der Waals surface area contributed by atoms with Gasteiger partial charge in [0.2, 0.25) is 0 Å². The fourth-order valence-corrected chi connectivity index (χ4v) is 5.29. The highest BCUT2D eigenvalue weighted by Gasteiger charge is 2.37. The molecule has 3 heteroatoms. The molecular formula is C17H27NOS. The Bertz CT molecular complexity index is 486. The number of rotatable bonds is 4. The summed E-state index contributed by atoms with van der Waals surface area (Å²) in [5.41, 5.74) is 2.75. The van der Waals surface area contributed by atoms with E-state index < -0.39 is 10.8 Å². The molecule has 5 atom stereocenters. The van der Waals surface area contributed by atoms with Gasteiger partial charge in [0.15, 0.2) is 0 Å². The second-order valence-corrected chi connectivity index (χ2v) is 8.35. The standard InChI is InChI=1S/C17H27NOS/c1-11(2)13(4)20(19)16-10-12(3)14-8-6-7-9-15(14)17(16)18-5/h6-9,11-13,16-18H,10H2,1-5H3. The third kappa shape index (κ3) is 2.84. The first kappa shape index (κ1) is 15.7. The van der Waals surface area contributed by atoms with Gasteiger partial charge in [-0.05, 0) is 36.4 Å². The summed E-state index contributed by atoms with van der Waals surface area (Å²) in [5.74, 6) is 0.949. The van der Waals surface area contributed by atoms with Crippen LogP contribution >= 0.6 is 0 Å². The number of fused-ring (bicyclic) bond motifs is 1. The van der Waals surface area contributed by atoms with E-state index in [4.69, 9.17) is 0 Å². The van der Waals surface area contributed by atoms with Crippen molar-refractivity contribution in [3.63, 3.8) is 0 Å². The van der Waals surface area contributed by atoms with Gasteiger partial charge in [-0.2, -0.15) is 0 Å². The van der Waals surface area contributed by atoms with Crippen molar-refractivity contribution in [2.24, 2.45) is 5.92 Å². The molecule has 0 radical (unpaired) electrons. The molecule has 0 saturated carbocycles. The zero-order chi connectivity index (χ0) is 14.9. The summed E-state index contributed by atoms with van der Waals surface area (Å²) in [5, 5.41) is 3.87. The molecule has 1 aliphatic carbocycles. The summed E-state index contributed by atoms with van der Waals surface area (Å²) in [6.07, 6.45) is 1.01. The highest BCUT2D eigenvalue weighted by molar-refractivity contribution is 7.86. The highest BCUT2D eigenvalue weighted by Crippen LogP contribution is 2.40. The van der Waals surface area contributed by atoms with Crippen molar-refractivity contribution in [3.05, 3.63) is 35.4 Å². The Morgan fingerprint density at radius 1 is 1.20 bits per heavy atom. The smallest absolute Gasteiger partial charge is 0.0551 e. The molecule has 1 N–H and O–H groups in total. The molecule has 0 spiro atoms. The predicted molar refractivity (Wildman–Crippen MR) is 87.5 cm³/mol. The highest BCUT2D eigenvalue weighted by atomic mass is 32.2. The molecule has 1 aromatic carbocycles. The minimum absolute atomic E-state index is 0.210. The van der Waals surface area contributed by atoms with Crippen molar-refractivity contribution in [1.82, 2.24) is 5.32 Å². The van der Waals surface area contributed by atoms with Crippen LogP contribution < -0.4 is 5.32 Å². The van der Waals surface area contributed by atoms with Crippen LogP contribution in [-0.4, -0.2) is 21.8 Å². The van der Waals surface area contributed by atoms with Crippen molar-refractivity contribution < 1.29 is 4.21 Å². The summed E-state index contributed by atoms with van der Waals surface area (Å²) < 4.78 is 12.9. The quantitative estimate of drug-likeness (QED) is 0.918. The molecule has 1 aliphatic rings. The van der Waals surface area contributed by atoms with Gasteiger partial charge in [0.05, 0.1) is 5.25 Å². The number of nitrogens with one attached hydrogen (secondary N) is 1. The van der Waals surface area contributed by atoms with Gasteiger partial charge in [0.25, 0.3) is 0 Å². The molecule has 0 bridgehead atoms. The van der Waals surface area contributed by atoms with E-state index in [9.17, 15) is 4.21 Å². The Balaban J connectivity index is 2.35. The second kappa shape index (κ2) is 6.40. The van der Waals surface area contributed by atoms with Crippen LogP contribution in [0, 0.1) is 5.92 Å². The first-order chi connectivity index (χ1) is 9.47. The lowest BCUT2D eigenvalue weighted by atomic mass is 9.81. The van der Waals surface area contributed by atoms with Crippen LogP contribution in [0.15, 0.2) is 24.3 Å². The number of hydrogen-bond acceptors (Lipinski definition) is 2. The lowest BCUT2D eigenvalue weighted by Crippen LogP contribution is -2.41. The predicted octanol–water partition coefficient (Wildman–Crippen LogP) is 3.62. The van der Waals surface area contributed by atoms with E-state index in [1.54, 1.807) is 0 Å². The van der Waals surface area contributed by atoms with Crippen LogP contribution in [0.4, 0.5) is 0 Å². The van der Waals surface area contributed by atoms with E-state index in [0.717, 1.165) is 6.42 Å². The maximum absolute atomic E-state index is 12.9. The average molecular weight is 293 g/mol. The minimum Gasteiger partial charge on any atom is -0.312 e. The second-order valence-electron chi connectivity index (χ2n) is 6.35. The molecule has 5 unspecified atom stereocenters. The van der Waals surface area contributed by atoms with Crippen LogP contribution in [0.25, 0.3) is 0 Å². The van der Waals surface area contributed by atoms with Gasteiger partial charge in [-0.1, -0.05) is 52.0 Å². The fourth-order valence-electron chi connectivity index (χ4n) is 3.17. The Labute approximate surface area is 125 Å². The van der Waals surface area contributed by atoms with Crippen molar-refractivity contribution in [1.29, 1.82) is 0 Å². The topological polar surface area (TPSA) is 29.1 Å². The van der Waals surface area contributed by atoms with Gasteiger partial charge in [-0.25, -0.2) is 0 Å². The third-order valence-electron chi connectivity index (χ3n) is 4.73. The van der Waals surface area contributed by atoms with Gasteiger partial charge in [-0.15, -0.1) is 0 Å².